The second-order valence-corrected chi connectivity index (χ2v) is 11.5. The number of hydrogen-bond donors (Lipinski definition) is 4. The number of phenolic OH excluding ortho intramolecular Hbond substituents is 4. The molecule has 0 aliphatic rings. The fourth-order valence-electron chi connectivity index (χ4n) is 5.40. The number of aryl methyl sites for hydroxylation is 2. The summed E-state index contributed by atoms with van der Waals surface area (Å²) in [6.07, 6.45) is 24.6. The van der Waals surface area contributed by atoms with Crippen LogP contribution in [0.2, 0.25) is 0 Å². The third-order valence-corrected chi connectivity index (χ3v) is 7.94. The minimum atomic E-state index is 0.110. The Balaban J connectivity index is 1.27. The molecule has 0 unspecified atom stereocenters. The van der Waals surface area contributed by atoms with E-state index < -0.39 is 0 Å². The third kappa shape index (κ3) is 15.8. The molecule has 4 N–H and O–H groups in total. The predicted molar refractivity (Wildman–Crippen MR) is 164 cm³/mol. The fourth-order valence-corrected chi connectivity index (χ4v) is 5.40. The van der Waals surface area contributed by atoms with Crippen LogP contribution in [-0.2, 0) is 17.6 Å². The zero-order valence-corrected chi connectivity index (χ0v) is 24.7. The first-order valence-corrected chi connectivity index (χ1v) is 16.0. The van der Waals surface area contributed by atoms with Gasteiger partial charge in [0.05, 0.1) is 0 Å². The van der Waals surface area contributed by atoms with Gasteiger partial charge in [0.1, 0.15) is 28.8 Å². The second kappa shape index (κ2) is 21.1. The van der Waals surface area contributed by atoms with Gasteiger partial charge in [-0.15, -0.1) is 0 Å². The zero-order chi connectivity index (χ0) is 28.8. The van der Waals surface area contributed by atoms with Crippen molar-refractivity contribution in [3.8, 4) is 23.0 Å². The first kappa shape index (κ1) is 33.5. The maximum Gasteiger partial charge on any atom is 0.132 e. The summed E-state index contributed by atoms with van der Waals surface area (Å²) >= 11 is 0. The molecule has 5 nitrogen and oxygen atoms in total. The molecule has 0 amide bonds. The van der Waals surface area contributed by atoms with Crippen molar-refractivity contribution in [3.63, 3.8) is 0 Å². The lowest BCUT2D eigenvalue weighted by Gasteiger charge is -2.06. The van der Waals surface area contributed by atoms with Crippen LogP contribution in [0, 0.1) is 0 Å². The maximum atomic E-state index is 12.1. The van der Waals surface area contributed by atoms with Crippen molar-refractivity contribution in [2.75, 3.05) is 0 Å². The molecule has 0 aromatic heterocycles. The molecule has 2 rings (SSSR count). The van der Waals surface area contributed by atoms with Crippen molar-refractivity contribution in [1.82, 2.24) is 0 Å². The smallest absolute Gasteiger partial charge is 0.132 e. The van der Waals surface area contributed by atoms with Crippen LogP contribution in [0.1, 0.15) is 140 Å². The summed E-state index contributed by atoms with van der Waals surface area (Å²) in [4.78, 5) is 12.1. The van der Waals surface area contributed by atoms with Crippen LogP contribution in [0.15, 0.2) is 36.4 Å². The Morgan fingerprint density at radius 2 is 0.725 bits per heavy atom. The normalized spacial score (nSPS) is 11.2. The Morgan fingerprint density at radius 3 is 1.05 bits per heavy atom. The molecule has 5 heteroatoms. The largest absolute Gasteiger partial charge is 0.508 e. The van der Waals surface area contributed by atoms with Gasteiger partial charge in [-0.3, -0.25) is 4.79 Å². The molecule has 0 atom stereocenters. The average Bonchev–Trinajstić information content (AvgIpc) is 2.92. The number of carbonyl (C=O) groups excluding carboxylic acids is 1. The van der Waals surface area contributed by atoms with Crippen LogP contribution < -0.4 is 0 Å². The van der Waals surface area contributed by atoms with E-state index in [2.05, 4.69) is 0 Å². The van der Waals surface area contributed by atoms with Crippen molar-refractivity contribution >= 4 is 5.78 Å². The molecule has 0 bridgehead atoms. The zero-order valence-electron chi connectivity index (χ0n) is 24.7. The van der Waals surface area contributed by atoms with Crippen molar-refractivity contribution in [2.24, 2.45) is 0 Å². The number of unbranched alkanes of at least 4 members (excludes halogenated alkanes) is 16. The summed E-state index contributed by atoms with van der Waals surface area (Å²) in [5.41, 5.74) is 1.83. The summed E-state index contributed by atoms with van der Waals surface area (Å²) in [7, 11) is 0. The molecule has 2 aromatic rings. The molecule has 0 heterocycles. The van der Waals surface area contributed by atoms with E-state index in [0.717, 1.165) is 62.5 Å². The molecular weight excluding hydrogens is 500 g/mol. The lowest BCUT2D eigenvalue weighted by Crippen LogP contribution is -1.97. The highest BCUT2D eigenvalue weighted by Gasteiger charge is 2.04. The van der Waals surface area contributed by atoms with Gasteiger partial charge in [-0.2, -0.15) is 0 Å². The van der Waals surface area contributed by atoms with E-state index in [4.69, 9.17) is 0 Å². The summed E-state index contributed by atoms with van der Waals surface area (Å²) in [6.45, 7) is 0. The lowest BCUT2D eigenvalue weighted by molar-refractivity contribution is -0.119. The van der Waals surface area contributed by atoms with Gasteiger partial charge >= 0.3 is 0 Å². The van der Waals surface area contributed by atoms with Crippen LogP contribution >= 0.6 is 0 Å². The Kier molecular flexibility index (Phi) is 17.7. The van der Waals surface area contributed by atoms with Crippen LogP contribution in [0.25, 0.3) is 0 Å². The van der Waals surface area contributed by atoms with E-state index >= 15 is 0 Å². The van der Waals surface area contributed by atoms with Crippen molar-refractivity contribution in [1.29, 1.82) is 0 Å². The first-order chi connectivity index (χ1) is 19.5. The molecule has 0 saturated heterocycles. The van der Waals surface area contributed by atoms with Gasteiger partial charge in [0.15, 0.2) is 0 Å². The van der Waals surface area contributed by atoms with Crippen LogP contribution in [0.5, 0.6) is 23.0 Å². The minimum Gasteiger partial charge on any atom is -0.508 e. The molecule has 0 saturated carbocycles. The topological polar surface area (TPSA) is 98.0 Å². The number of carbonyl (C=O) groups is 1. The molecule has 224 valence electrons. The lowest BCUT2D eigenvalue weighted by atomic mass is 10.0. The predicted octanol–water partition coefficient (Wildman–Crippen LogP) is 9.67. The summed E-state index contributed by atoms with van der Waals surface area (Å²) in [6, 6.07) is 9.69. The Labute approximate surface area is 242 Å². The first-order valence-electron chi connectivity index (χ1n) is 16.0. The van der Waals surface area contributed by atoms with Gasteiger partial charge in [0.2, 0.25) is 0 Å². The molecule has 0 aliphatic carbocycles. The highest BCUT2D eigenvalue weighted by molar-refractivity contribution is 5.78. The summed E-state index contributed by atoms with van der Waals surface area (Å²) < 4.78 is 0. The van der Waals surface area contributed by atoms with E-state index in [9.17, 15) is 25.2 Å². The van der Waals surface area contributed by atoms with Crippen LogP contribution in [0.4, 0.5) is 0 Å². The monoisotopic (exact) mass is 554 g/mol. The number of benzene rings is 2. The van der Waals surface area contributed by atoms with Gasteiger partial charge in [-0.25, -0.2) is 0 Å². The van der Waals surface area contributed by atoms with Crippen molar-refractivity contribution < 1.29 is 25.2 Å². The summed E-state index contributed by atoms with van der Waals surface area (Å²) in [5.74, 6) is 1.05. The molecular formula is C35H54O5. The Bertz CT molecular complexity index is 879. The van der Waals surface area contributed by atoms with Gasteiger partial charge in [-0.1, -0.05) is 102 Å². The SMILES string of the molecule is O=C(CCCCCCCCCCCc1ccc(O)cc1O)CCCCCCCCCCCc1ccc(O)cc1O. The molecule has 0 spiro atoms. The second-order valence-electron chi connectivity index (χ2n) is 11.5. The van der Waals surface area contributed by atoms with E-state index in [-0.39, 0.29) is 23.0 Å². The summed E-state index contributed by atoms with van der Waals surface area (Å²) in [5, 5.41) is 38.3. The number of rotatable bonds is 24. The highest BCUT2D eigenvalue weighted by atomic mass is 16.3. The number of phenols is 4. The van der Waals surface area contributed by atoms with Crippen LogP contribution in [0.3, 0.4) is 0 Å². The molecule has 0 aliphatic heterocycles. The van der Waals surface area contributed by atoms with E-state index in [1.807, 2.05) is 0 Å². The number of hydrogen-bond acceptors (Lipinski definition) is 5. The average molecular weight is 555 g/mol. The standard InChI is InChI=1S/C35H54O5/c36-31(21-17-13-9-5-1-3-7-11-15-19-29-23-25-32(37)27-34(29)39)22-18-14-10-6-2-4-8-12-16-20-30-24-26-33(38)28-35(30)40/h23-28,37-40H,1-22H2. The number of aromatic hydroxyl groups is 4. The molecule has 2 aromatic carbocycles. The molecule has 0 fully saturated rings. The van der Waals surface area contributed by atoms with Crippen molar-refractivity contribution in [3.05, 3.63) is 47.5 Å². The van der Waals surface area contributed by atoms with E-state index in [1.165, 1.54) is 102 Å². The third-order valence-electron chi connectivity index (χ3n) is 7.94. The fraction of sp³-hybridized carbons (Fsp3) is 0.629. The van der Waals surface area contributed by atoms with Gasteiger partial charge in [0, 0.05) is 25.0 Å². The quantitative estimate of drug-likeness (QED) is 0.0968. The van der Waals surface area contributed by atoms with Crippen LogP contribution in [-0.4, -0.2) is 26.2 Å². The maximum absolute atomic E-state index is 12.1. The Hall–Kier alpha value is -2.69. The highest BCUT2D eigenvalue weighted by Crippen LogP contribution is 2.25. The van der Waals surface area contributed by atoms with Crippen molar-refractivity contribution in [2.45, 2.75) is 141 Å². The van der Waals surface area contributed by atoms with E-state index in [1.54, 1.807) is 24.3 Å². The van der Waals surface area contributed by atoms with Gasteiger partial charge < -0.3 is 20.4 Å². The van der Waals surface area contributed by atoms with Gasteiger partial charge in [0.25, 0.3) is 0 Å². The Morgan fingerprint density at radius 1 is 0.425 bits per heavy atom. The molecule has 40 heavy (non-hydrogen) atoms. The van der Waals surface area contributed by atoms with Gasteiger partial charge in [-0.05, 0) is 61.8 Å². The number of Topliss-reactive ketones (excluding diaryl/α,β-unsaturated/α-hetero) is 1. The van der Waals surface area contributed by atoms with E-state index in [0.29, 0.717) is 5.78 Å². The molecule has 0 radical (unpaired) electrons. The number of ketones is 1. The minimum absolute atomic E-state index is 0.110.